The van der Waals surface area contributed by atoms with Crippen LogP contribution in [0, 0.1) is 0 Å². The van der Waals surface area contributed by atoms with E-state index in [1.54, 1.807) is 7.11 Å². The van der Waals surface area contributed by atoms with E-state index >= 15 is 0 Å². The van der Waals surface area contributed by atoms with Gasteiger partial charge in [0.25, 0.3) is 0 Å². The second-order valence-corrected chi connectivity index (χ2v) is 13.5. The third-order valence-electron chi connectivity index (χ3n) is 1.51. The Balaban J connectivity index is 4.13. The summed E-state index contributed by atoms with van der Waals surface area (Å²) in [4.78, 5) is 0. The van der Waals surface area contributed by atoms with Gasteiger partial charge in [0, 0.05) is 7.11 Å². The topological polar surface area (TPSA) is 9.23 Å². The highest BCUT2D eigenvalue weighted by molar-refractivity contribution is 6.84. The SMILES string of the molecule is CO[Si](C)(C)/C=C/[Si](C)(C)C. The molecule has 0 saturated carbocycles. The molecule has 0 bridgehead atoms. The van der Waals surface area contributed by atoms with Gasteiger partial charge in [0.15, 0.2) is 0 Å². The molecule has 0 aliphatic carbocycles. The summed E-state index contributed by atoms with van der Waals surface area (Å²) in [6.45, 7) is 11.4. The monoisotopic (exact) mass is 188 g/mol. The van der Waals surface area contributed by atoms with Crippen molar-refractivity contribution in [2.45, 2.75) is 32.7 Å². The Morgan fingerprint density at radius 2 is 1.36 bits per heavy atom. The third-order valence-corrected chi connectivity index (χ3v) is 5.03. The predicted octanol–water partition coefficient (Wildman–Crippen LogP) is 2.81. The predicted molar refractivity (Wildman–Crippen MR) is 57.0 cm³/mol. The van der Waals surface area contributed by atoms with E-state index in [1.165, 1.54) is 0 Å². The molecular formula is C8H20OSi2. The molecule has 0 amide bonds. The second-order valence-electron chi connectivity index (χ2n) is 4.51. The van der Waals surface area contributed by atoms with E-state index in [2.05, 4.69) is 44.1 Å². The minimum atomic E-state index is -1.43. The quantitative estimate of drug-likeness (QED) is 0.619. The van der Waals surface area contributed by atoms with Crippen molar-refractivity contribution in [3.63, 3.8) is 0 Å². The molecule has 0 aromatic heterocycles. The van der Waals surface area contributed by atoms with Crippen molar-refractivity contribution in [2.24, 2.45) is 0 Å². The maximum absolute atomic E-state index is 5.41. The van der Waals surface area contributed by atoms with Crippen molar-refractivity contribution in [3.05, 3.63) is 11.4 Å². The van der Waals surface area contributed by atoms with Crippen LogP contribution in [0.25, 0.3) is 0 Å². The third kappa shape index (κ3) is 6.53. The van der Waals surface area contributed by atoms with Gasteiger partial charge in [0.2, 0.25) is 8.32 Å². The summed E-state index contributed by atoms with van der Waals surface area (Å²) < 4.78 is 5.41. The van der Waals surface area contributed by atoms with Crippen LogP contribution in [0.4, 0.5) is 0 Å². The van der Waals surface area contributed by atoms with Crippen molar-refractivity contribution in [2.75, 3.05) is 7.11 Å². The Bertz CT molecular complexity index is 145. The standard InChI is InChI=1S/C8H20OSi2/c1-9-11(5,6)8-7-10(2,3)4/h7-8H,1-6H3/b8-7+. The lowest BCUT2D eigenvalue weighted by molar-refractivity contribution is 0.415. The average Bonchev–Trinajstić information content (AvgIpc) is 1.83. The van der Waals surface area contributed by atoms with Gasteiger partial charge in [0.05, 0.1) is 8.07 Å². The smallest absolute Gasteiger partial charge is 0.209 e. The molecule has 0 aromatic rings. The Morgan fingerprint density at radius 1 is 0.909 bits per heavy atom. The fourth-order valence-corrected chi connectivity index (χ4v) is 4.26. The van der Waals surface area contributed by atoms with Gasteiger partial charge in [-0.1, -0.05) is 25.3 Å². The van der Waals surface area contributed by atoms with Crippen LogP contribution < -0.4 is 0 Å². The van der Waals surface area contributed by atoms with Gasteiger partial charge >= 0.3 is 0 Å². The molecule has 0 saturated heterocycles. The van der Waals surface area contributed by atoms with Crippen LogP contribution in [0.1, 0.15) is 0 Å². The zero-order valence-electron chi connectivity index (χ0n) is 8.56. The summed E-state index contributed by atoms with van der Waals surface area (Å²) in [5.41, 5.74) is 4.68. The van der Waals surface area contributed by atoms with Gasteiger partial charge in [-0.3, -0.25) is 0 Å². The Hall–Kier alpha value is 0.134. The largest absolute Gasteiger partial charge is 0.417 e. The summed E-state index contributed by atoms with van der Waals surface area (Å²) in [5.74, 6) is 0. The normalized spacial score (nSPS) is 14.4. The van der Waals surface area contributed by atoms with Crippen molar-refractivity contribution in [3.8, 4) is 0 Å². The van der Waals surface area contributed by atoms with Gasteiger partial charge in [-0.15, -0.1) is 5.70 Å². The number of rotatable bonds is 3. The van der Waals surface area contributed by atoms with Gasteiger partial charge in [-0.25, -0.2) is 0 Å². The second kappa shape index (κ2) is 3.69. The molecule has 1 nitrogen and oxygen atoms in total. The van der Waals surface area contributed by atoms with Crippen LogP contribution in [0.2, 0.25) is 32.7 Å². The molecule has 0 aliphatic heterocycles. The molecule has 0 fully saturated rings. The molecule has 0 spiro atoms. The molecule has 0 rings (SSSR count). The molecule has 3 heteroatoms. The molecule has 66 valence electrons. The van der Waals surface area contributed by atoms with E-state index in [4.69, 9.17) is 4.43 Å². The summed E-state index contributed by atoms with van der Waals surface area (Å²) in [5, 5.41) is 0. The summed E-state index contributed by atoms with van der Waals surface area (Å²) in [7, 11) is -0.636. The molecule has 0 N–H and O–H groups in total. The van der Waals surface area contributed by atoms with Gasteiger partial charge in [-0.05, 0) is 13.1 Å². The fraction of sp³-hybridized carbons (Fsp3) is 0.750. The molecule has 11 heavy (non-hydrogen) atoms. The first-order valence-corrected chi connectivity index (χ1v) is 10.6. The first kappa shape index (κ1) is 11.1. The first-order chi connectivity index (χ1) is 4.77. The summed E-state index contributed by atoms with van der Waals surface area (Å²) in [6.07, 6.45) is 0. The van der Waals surface area contributed by atoms with Crippen molar-refractivity contribution >= 4 is 16.4 Å². The van der Waals surface area contributed by atoms with Crippen molar-refractivity contribution in [1.82, 2.24) is 0 Å². The van der Waals surface area contributed by atoms with Crippen LogP contribution >= 0.6 is 0 Å². The van der Waals surface area contributed by atoms with Crippen LogP contribution in [-0.2, 0) is 4.43 Å². The van der Waals surface area contributed by atoms with E-state index < -0.39 is 16.4 Å². The summed E-state index contributed by atoms with van der Waals surface area (Å²) in [6, 6.07) is 0. The summed E-state index contributed by atoms with van der Waals surface area (Å²) >= 11 is 0. The fourth-order valence-electron chi connectivity index (χ4n) is 0.519. The molecular weight excluding hydrogens is 168 g/mol. The average molecular weight is 188 g/mol. The zero-order valence-corrected chi connectivity index (χ0v) is 10.6. The molecule has 0 atom stereocenters. The molecule has 0 aromatic carbocycles. The van der Waals surface area contributed by atoms with E-state index in [9.17, 15) is 0 Å². The highest BCUT2D eigenvalue weighted by Gasteiger charge is 2.17. The van der Waals surface area contributed by atoms with Gasteiger partial charge in [0.1, 0.15) is 0 Å². The molecule has 0 heterocycles. The van der Waals surface area contributed by atoms with Crippen molar-refractivity contribution in [1.29, 1.82) is 0 Å². The van der Waals surface area contributed by atoms with E-state index in [1.807, 2.05) is 0 Å². The van der Waals surface area contributed by atoms with E-state index in [0.29, 0.717) is 0 Å². The maximum atomic E-state index is 5.41. The van der Waals surface area contributed by atoms with Crippen LogP contribution in [0.5, 0.6) is 0 Å². The van der Waals surface area contributed by atoms with Crippen LogP contribution in [0.3, 0.4) is 0 Å². The number of hydrogen-bond donors (Lipinski definition) is 0. The van der Waals surface area contributed by atoms with Gasteiger partial charge in [-0.2, -0.15) is 0 Å². The van der Waals surface area contributed by atoms with Crippen LogP contribution in [-0.4, -0.2) is 23.5 Å². The van der Waals surface area contributed by atoms with E-state index in [-0.39, 0.29) is 0 Å². The molecule has 0 aliphatic rings. The Kier molecular flexibility index (Phi) is 3.74. The van der Waals surface area contributed by atoms with Gasteiger partial charge < -0.3 is 4.43 Å². The zero-order chi connectivity index (χ0) is 9.12. The lowest BCUT2D eigenvalue weighted by atomic mass is 11.2. The highest BCUT2D eigenvalue weighted by atomic mass is 28.4. The first-order valence-electron chi connectivity index (χ1n) is 4.02. The van der Waals surface area contributed by atoms with Crippen molar-refractivity contribution < 1.29 is 4.43 Å². The maximum Gasteiger partial charge on any atom is 0.209 e. The van der Waals surface area contributed by atoms with E-state index in [0.717, 1.165) is 0 Å². The molecule has 0 unspecified atom stereocenters. The lowest BCUT2D eigenvalue weighted by Crippen LogP contribution is -2.28. The minimum Gasteiger partial charge on any atom is -0.417 e. The molecule has 0 radical (unpaired) electrons. The lowest BCUT2D eigenvalue weighted by Gasteiger charge is -2.17. The Labute approximate surface area is 72.6 Å². The minimum absolute atomic E-state index is 1.01. The number of hydrogen-bond acceptors (Lipinski definition) is 1. The van der Waals surface area contributed by atoms with Crippen LogP contribution in [0.15, 0.2) is 11.4 Å². The highest BCUT2D eigenvalue weighted by Crippen LogP contribution is 2.08. The Morgan fingerprint density at radius 3 is 1.64 bits per heavy atom.